The molecule has 0 bridgehead atoms. The van der Waals surface area contributed by atoms with Crippen molar-refractivity contribution in [3.05, 3.63) is 30.7 Å². The second kappa shape index (κ2) is 4.60. The molecule has 3 rings (SSSR count). The smallest absolute Gasteiger partial charge is 0.128 e. The Morgan fingerprint density at radius 3 is 2.56 bits per heavy atom. The molecule has 2 aromatic heterocycles. The lowest BCUT2D eigenvalue weighted by atomic mass is 10.2. The zero-order valence-corrected chi connectivity index (χ0v) is 10.1. The molecule has 0 aromatic carbocycles. The molecule has 1 fully saturated rings. The third-order valence-corrected chi connectivity index (χ3v) is 3.16. The fourth-order valence-corrected chi connectivity index (χ4v) is 2.20. The molecule has 0 unspecified atom stereocenters. The maximum Gasteiger partial charge on any atom is 0.128 e. The Balaban J connectivity index is 1.86. The molecule has 1 aliphatic heterocycles. The number of hydrogen-bond donors (Lipinski definition) is 1. The minimum Gasteiger partial charge on any atom is -0.384 e. The van der Waals surface area contributed by atoms with Gasteiger partial charge in [0.2, 0.25) is 0 Å². The summed E-state index contributed by atoms with van der Waals surface area (Å²) in [5.74, 6) is 1.52. The number of nitrogens with two attached hydrogens (primary N) is 1. The number of nitrogens with zero attached hydrogens (tertiary/aromatic N) is 4. The Morgan fingerprint density at radius 1 is 1.06 bits per heavy atom. The summed E-state index contributed by atoms with van der Waals surface area (Å²) in [4.78, 5) is 14.9. The van der Waals surface area contributed by atoms with Gasteiger partial charge in [-0.15, -0.1) is 0 Å². The average molecular weight is 241 g/mol. The second-order valence-electron chi connectivity index (χ2n) is 4.43. The Hall–Kier alpha value is -2.17. The van der Waals surface area contributed by atoms with Crippen LogP contribution < -0.4 is 10.6 Å². The van der Waals surface area contributed by atoms with Crippen LogP contribution in [0.15, 0.2) is 30.7 Å². The first-order valence-corrected chi connectivity index (χ1v) is 6.12. The molecule has 0 atom stereocenters. The molecule has 2 N–H and O–H groups in total. The van der Waals surface area contributed by atoms with Crippen LogP contribution in [0.3, 0.4) is 0 Å². The van der Waals surface area contributed by atoms with E-state index in [1.807, 2.05) is 18.3 Å². The highest BCUT2D eigenvalue weighted by atomic mass is 15.2. The van der Waals surface area contributed by atoms with Crippen LogP contribution in [-0.2, 0) is 0 Å². The van der Waals surface area contributed by atoms with Crippen LogP contribution in [0, 0.1) is 0 Å². The van der Waals surface area contributed by atoms with E-state index < -0.39 is 0 Å². The molecule has 0 spiro atoms. The van der Waals surface area contributed by atoms with E-state index in [2.05, 4.69) is 19.9 Å². The van der Waals surface area contributed by atoms with E-state index in [1.165, 1.54) is 19.2 Å². The second-order valence-corrected chi connectivity index (χ2v) is 4.43. The highest BCUT2D eigenvalue weighted by Gasteiger charge is 2.13. The van der Waals surface area contributed by atoms with Crippen LogP contribution >= 0.6 is 0 Å². The normalized spacial score (nSPS) is 15.0. The lowest BCUT2D eigenvalue weighted by molar-refractivity contribution is 0.938. The Morgan fingerprint density at radius 2 is 1.89 bits per heavy atom. The number of aromatic nitrogens is 3. The molecular weight excluding hydrogens is 226 g/mol. The minimum atomic E-state index is 0.476. The van der Waals surface area contributed by atoms with Crippen molar-refractivity contribution in [2.24, 2.45) is 0 Å². The summed E-state index contributed by atoms with van der Waals surface area (Å²) < 4.78 is 0. The highest BCUT2D eigenvalue weighted by Crippen LogP contribution is 2.22. The van der Waals surface area contributed by atoms with Gasteiger partial charge in [-0.05, 0) is 25.0 Å². The van der Waals surface area contributed by atoms with Gasteiger partial charge in [0.15, 0.2) is 0 Å². The Kier molecular flexibility index (Phi) is 2.80. The molecule has 1 aliphatic rings. The zero-order valence-electron chi connectivity index (χ0n) is 10.1. The zero-order chi connectivity index (χ0) is 12.4. The van der Waals surface area contributed by atoms with Gasteiger partial charge in [-0.25, -0.2) is 15.0 Å². The number of pyridine rings is 1. The van der Waals surface area contributed by atoms with Gasteiger partial charge in [-0.3, -0.25) is 0 Å². The van der Waals surface area contributed by atoms with Crippen LogP contribution in [0.4, 0.5) is 11.6 Å². The van der Waals surface area contributed by atoms with Gasteiger partial charge in [-0.2, -0.15) is 0 Å². The van der Waals surface area contributed by atoms with Crippen molar-refractivity contribution < 1.29 is 0 Å². The quantitative estimate of drug-likeness (QED) is 0.867. The fourth-order valence-electron chi connectivity index (χ4n) is 2.20. The largest absolute Gasteiger partial charge is 0.384 e. The summed E-state index contributed by atoms with van der Waals surface area (Å²) in [6, 6.07) is 5.83. The van der Waals surface area contributed by atoms with Crippen LogP contribution in [-0.4, -0.2) is 28.0 Å². The maximum atomic E-state index is 5.65. The van der Waals surface area contributed by atoms with Crippen molar-refractivity contribution >= 4 is 11.6 Å². The Labute approximate surface area is 106 Å². The third kappa shape index (κ3) is 2.11. The van der Waals surface area contributed by atoms with Crippen LogP contribution in [0.25, 0.3) is 11.3 Å². The van der Waals surface area contributed by atoms with Gasteiger partial charge in [0.05, 0.1) is 5.69 Å². The molecular formula is C13H15N5. The van der Waals surface area contributed by atoms with E-state index in [4.69, 9.17) is 5.73 Å². The molecule has 18 heavy (non-hydrogen) atoms. The van der Waals surface area contributed by atoms with E-state index >= 15 is 0 Å². The summed E-state index contributed by atoms with van der Waals surface area (Å²) in [5.41, 5.74) is 7.42. The van der Waals surface area contributed by atoms with Gasteiger partial charge in [-0.1, -0.05) is 0 Å². The van der Waals surface area contributed by atoms with Crippen molar-refractivity contribution in [2.45, 2.75) is 12.8 Å². The molecule has 3 heterocycles. The highest BCUT2D eigenvalue weighted by molar-refractivity contribution is 5.62. The molecule has 0 aliphatic carbocycles. The lowest BCUT2D eigenvalue weighted by Gasteiger charge is -2.16. The van der Waals surface area contributed by atoms with E-state index in [-0.39, 0.29) is 0 Å². The molecule has 0 saturated carbocycles. The standard InChI is InChI=1S/C13H15N5/c14-12-7-11(16-9-17-12)10-3-4-13(15-8-10)18-5-1-2-6-18/h3-4,7-9H,1-2,5-6H2,(H2,14,16,17). The van der Waals surface area contributed by atoms with Crippen molar-refractivity contribution in [1.29, 1.82) is 0 Å². The number of rotatable bonds is 2. The first-order chi connectivity index (χ1) is 8.83. The predicted octanol–water partition coefficient (Wildman–Crippen LogP) is 1.72. The lowest BCUT2D eigenvalue weighted by Crippen LogP contribution is -2.18. The number of anilines is 2. The summed E-state index contributed by atoms with van der Waals surface area (Å²) in [5, 5.41) is 0. The average Bonchev–Trinajstić information content (AvgIpc) is 2.93. The van der Waals surface area contributed by atoms with E-state index in [0.29, 0.717) is 5.82 Å². The third-order valence-electron chi connectivity index (χ3n) is 3.16. The molecule has 0 amide bonds. The van der Waals surface area contributed by atoms with Crippen LogP contribution in [0.2, 0.25) is 0 Å². The predicted molar refractivity (Wildman–Crippen MR) is 71.1 cm³/mol. The fraction of sp³-hybridized carbons (Fsp3) is 0.308. The van der Waals surface area contributed by atoms with Gasteiger partial charge in [0.25, 0.3) is 0 Å². The Bertz CT molecular complexity index is 531. The van der Waals surface area contributed by atoms with Crippen molar-refractivity contribution in [3.8, 4) is 11.3 Å². The van der Waals surface area contributed by atoms with Gasteiger partial charge in [0, 0.05) is 30.9 Å². The van der Waals surface area contributed by atoms with Crippen molar-refractivity contribution in [3.63, 3.8) is 0 Å². The van der Waals surface area contributed by atoms with Gasteiger partial charge in [0.1, 0.15) is 18.0 Å². The monoisotopic (exact) mass is 241 g/mol. The van der Waals surface area contributed by atoms with E-state index in [9.17, 15) is 0 Å². The molecule has 5 heteroatoms. The summed E-state index contributed by atoms with van der Waals surface area (Å²) in [6.07, 6.45) is 5.83. The molecule has 1 saturated heterocycles. The summed E-state index contributed by atoms with van der Waals surface area (Å²) in [7, 11) is 0. The van der Waals surface area contributed by atoms with Gasteiger partial charge >= 0.3 is 0 Å². The molecule has 2 aromatic rings. The molecule has 0 radical (unpaired) electrons. The molecule has 92 valence electrons. The first kappa shape index (κ1) is 11.0. The summed E-state index contributed by atoms with van der Waals surface area (Å²) >= 11 is 0. The van der Waals surface area contributed by atoms with Crippen LogP contribution in [0.5, 0.6) is 0 Å². The topological polar surface area (TPSA) is 67.9 Å². The van der Waals surface area contributed by atoms with E-state index in [1.54, 1.807) is 6.07 Å². The van der Waals surface area contributed by atoms with Gasteiger partial charge < -0.3 is 10.6 Å². The van der Waals surface area contributed by atoms with Crippen molar-refractivity contribution in [1.82, 2.24) is 15.0 Å². The van der Waals surface area contributed by atoms with Crippen molar-refractivity contribution in [2.75, 3.05) is 23.7 Å². The maximum absolute atomic E-state index is 5.65. The number of nitrogen functional groups attached to an aromatic ring is 1. The SMILES string of the molecule is Nc1cc(-c2ccc(N3CCCC3)nc2)ncn1. The minimum absolute atomic E-state index is 0.476. The van der Waals surface area contributed by atoms with E-state index in [0.717, 1.165) is 30.2 Å². The summed E-state index contributed by atoms with van der Waals surface area (Å²) in [6.45, 7) is 2.21. The molecule has 5 nitrogen and oxygen atoms in total. The van der Waals surface area contributed by atoms with Crippen LogP contribution in [0.1, 0.15) is 12.8 Å². The first-order valence-electron chi connectivity index (χ1n) is 6.12. The number of hydrogen-bond acceptors (Lipinski definition) is 5.